The second-order valence-corrected chi connectivity index (χ2v) is 6.00. The molecule has 0 spiro atoms. The van der Waals surface area contributed by atoms with E-state index in [1.54, 1.807) is 0 Å². The molecule has 0 saturated carbocycles. The van der Waals surface area contributed by atoms with E-state index in [-0.39, 0.29) is 6.54 Å². The summed E-state index contributed by atoms with van der Waals surface area (Å²) < 4.78 is 43.3. The van der Waals surface area contributed by atoms with Crippen molar-refractivity contribution in [2.24, 2.45) is 5.73 Å². The number of rotatable bonds is 4. The van der Waals surface area contributed by atoms with Gasteiger partial charge in [-0.2, -0.15) is 4.31 Å². The van der Waals surface area contributed by atoms with Crippen LogP contribution in [0.1, 0.15) is 5.56 Å². The Morgan fingerprint density at radius 2 is 2.14 bits per heavy atom. The Balaban J connectivity index is 3.12. The molecule has 0 aliphatic rings. The van der Waals surface area contributed by atoms with Gasteiger partial charge in [0.25, 0.3) is 0 Å². The Bertz CT molecular complexity index is 692. The zero-order valence-corrected chi connectivity index (χ0v) is 12.4. The van der Waals surface area contributed by atoms with E-state index in [2.05, 4.69) is 16.6 Å². The predicted molar refractivity (Wildman–Crippen MR) is 74.2 cm³/mol. The second kappa shape index (κ2) is 7.17. The van der Waals surface area contributed by atoms with Crippen molar-refractivity contribution in [1.82, 2.24) is 4.31 Å². The lowest BCUT2D eigenvalue weighted by Gasteiger charge is -2.16. The molecule has 1 aromatic carbocycles. The van der Waals surface area contributed by atoms with Gasteiger partial charge in [0, 0.05) is 12.6 Å². The zero-order valence-electron chi connectivity index (χ0n) is 11.6. The number of carbonyl (C=O) groups excluding carboxylic acids is 1. The third-order valence-electron chi connectivity index (χ3n) is 2.53. The molecule has 21 heavy (non-hydrogen) atoms. The molecule has 0 aliphatic heterocycles. The first-order valence-electron chi connectivity index (χ1n) is 5.84. The number of likely N-dealkylation sites (N-methyl/N-ethyl adjacent to an activating group) is 1. The van der Waals surface area contributed by atoms with E-state index >= 15 is 0 Å². The SMILES string of the molecule is COC(=O)CN(C)S(=O)(=O)c1ccc(C#CCN)cc1F. The van der Waals surface area contributed by atoms with Crippen LogP contribution in [0.4, 0.5) is 4.39 Å². The van der Waals surface area contributed by atoms with Gasteiger partial charge in [0.05, 0.1) is 13.7 Å². The minimum atomic E-state index is -4.13. The largest absolute Gasteiger partial charge is 0.468 e. The van der Waals surface area contributed by atoms with Crippen molar-refractivity contribution >= 4 is 16.0 Å². The van der Waals surface area contributed by atoms with Gasteiger partial charge >= 0.3 is 5.97 Å². The lowest BCUT2D eigenvalue weighted by molar-refractivity contribution is -0.140. The smallest absolute Gasteiger partial charge is 0.321 e. The maximum atomic E-state index is 13.9. The maximum absolute atomic E-state index is 13.9. The van der Waals surface area contributed by atoms with Gasteiger partial charge < -0.3 is 10.5 Å². The van der Waals surface area contributed by atoms with Crippen LogP contribution in [0.3, 0.4) is 0 Å². The summed E-state index contributed by atoms with van der Waals surface area (Å²) >= 11 is 0. The van der Waals surface area contributed by atoms with Crippen LogP contribution in [0, 0.1) is 17.7 Å². The van der Waals surface area contributed by atoms with Crippen molar-refractivity contribution in [3.05, 3.63) is 29.6 Å². The third-order valence-corrected chi connectivity index (χ3v) is 4.37. The van der Waals surface area contributed by atoms with Gasteiger partial charge in [0.2, 0.25) is 10.0 Å². The second-order valence-electron chi connectivity index (χ2n) is 3.99. The lowest BCUT2D eigenvalue weighted by atomic mass is 10.2. The van der Waals surface area contributed by atoms with Crippen molar-refractivity contribution in [1.29, 1.82) is 0 Å². The Morgan fingerprint density at radius 3 is 2.67 bits per heavy atom. The Labute approximate surface area is 122 Å². The molecule has 0 atom stereocenters. The summed E-state index contributed by atoms with van der Waals surface area (Å²) in [5.41, 5.74) is 5.51. The Hall–Kier alpha value is -1.95. The molecule has 1 rings (SSSR count). The first kappa shape index (κ1) is 17.1. The first-order valence-corrected chi connectivity index (χ1v) is 7.28. The summed E-state index contributed by atoms with van der Waals surface area (Å²) in [6.45, 7) is -0.392. The fraction of sp³-hybridized carbons (Fsp3) is 0.308. The van der Waals surface area contributed by atoms with E-state index in [0.717, 1.165) is 26.3 Å². The van der Waals surface area contributed by atoms with Crippen LogP contribution in [0.2, 0.25) is 0 Å². The van der Waals surface area contributed by atoms with E-state index < -0.39 is 33.3 Å². The first-order chi connectivity index (χ1) is 9.82. The molecule has 1 aromatic rings. The monoisotopic (exact) mass is 314 g/mol. The number of hydrogen-bond donors (Lipinski definition) is 1. The van der Waals surface area contributed by atoms with Gasteiger partial charge in [0.1, 0.15) is 17.3 Å². The number of nitrogens with zero attached hydrogens (tertiary/aromatic N) is 1. The molecule has 0 unspecified atom stereocenters. The lowest BCUT2D eigenvalue weighted by Crippen LogP contribution is -2.33. The molecule has 114 valence electrons. The van der Waals surface area contributed by atoms with Crippen molar-refractivity contribution in [2.45, 2.75) is 4.90 Å². The van der Waals surface area contributed by atoms with Crippen LogP contribution in [0.5, 0.6) is 0 Å². The number of sulfonamides is 1. The highest BCUT2D eigenvalue weighted by atomic mass is 32.2. The number of nitrogens with two attached hydrogens (primary N) is 1. The summed E-state index contributed by atoms with van der Waals surface area (Å²) in [5, 5.41) is 0. The highest BCUT2D eigenvalue weighted by Crippen LogP contribution is 2.19. The topological polar surface area (TPSA) is 89.7 Å². The van der Waals surface area contributed by atoms with Crippen molar-refractivity contribution < 1.29 is 22.3 Å². The number of halogens is 1. The summed E-state index contributed by atoms with van der Waals surface area (Å²) in [6, 6.07) is 3.46. The van der Waals surface area contributed by atoms with Crippen LogP contribution >= 0.6 is 0 Å². The summed E-state index contributed by atoms with van der Waals surface area (Å²) in [5.74, 6) is 3.44. The maximum Gasteiger partial charge on any atom is 0.321 e. The molecule has 6 nitrogen and oxygen atoms in total. The fourth-order valence-corrected chi connectivity index (χ4v) is 2.60. The summed E-state index contributed by atoms with van der Waals surface area (Å²) in [7, 11) is -1.83. The standard InChI is InChI=1S/C13H15FN2O4S/c1-16(9-13(17)20-2)21(18,19)12-6-5-10(4-3-7-15)8-11(12)14/h5-6,8H,7,9,15H2,1-2H3. The normalized spacial score (nSPS) is 10.9. The molecule has 0 radical (unpaired) electrons. The zero-order chi connectivity index (χ0) is 16.0. The van der Waals surface area contributed by atoms with Crippen molar-refractivity contribution in [2.75, 3.05) is 27.2 Å². The molecule has 0 aliphatic carbocycles. The molecule has 0 aromatic heterocycles. The Morgan fingerprint density at radius 1 is 1.48 bits per heavy atom. The van der Waals surface area contributed by atoms with E-state index in [0.29, 0.717) is 9.87 Å². The molecule has 2 N–H and O–H groups in total. The van der Waals surface area contributed by atoms with Crippen LogP contribution in [-0.2, 0) is 19.6 Å². The average molecular weight is 314 g/mol. The van der Waals surface area contributed by atoms with E-state index in [1.807, 2.05) is 0 Å². The molecule has 0 saturated heterocycles. The van der Waals surface area contributed by atoms with Crippen LogP contribution in [-0.4, -0.2) is 45.9 Å². The molecule has 0 bridgehead atoms. The van der Waals surface area contributed by atoms with E-state index in [9.17, 15) is 17.6 Å². The van der Waals surface area contributed by atoms with Gasteiger partial charge in [-0.1, -0.05) is 11.8 Å². The molecule has 0 fully saturated rings. The number of methoxy groups -OCH3 is 1. The van der Waals surface area contributed by atoms with Crippen molar-refractivity contribution in [3.8, 4) is 11.8 Å². The van der Waals surface area contributed by atoms with Crippen LogP contribution in [0.15, 0.2) is 23.1 Å². The number of hydrogen-bond acceptors (Lipinski definition) is 5. The fourth-order valence-electron chi connectivity index (χ4n) is 1.44. The summed E-state index contributed by atoms with van der Waals surface area (Å²) in [4.78, 5) is 10.6. The van der Waals surface area contributed by atoms with Crippen LogP contribution < -0.4 is 5.73 Å². The quantitative estimate of drug-likeness (QED) is 0.621. The average Bonchev–Trinajstić information content (AvgIpc) is 2.44. The molecule has 0 heterocycles. The van der Waals surface area contributed by atoms with Gasteiger partial charge in [0.15, 0.2) is 0 Å². The summed E-state index contributed by atoms with van der Waals surface area (Å²) in [6.07, 6.45) is 0. The number of benzene rings is 1. The molecule has 0 amide bonds. The van der Waals surface area contributed by atoms with Gasteiger partial charge in [-0.3, -0.25) is 4.79 Å². The van der Waals surface area contributed by atoms with Crippen LogP contribution in [0.25, 0.3) is 0 Å². The number of ether oxygens (including phenoxy) is 1. The van der Waals surface area contributed by atoms with Gasteiger partial charge in [-0.05, 0) is 18.2 Å². The minimum Gasteiger partial charge on any atom is -0.468 e. The minimum absolute atomic E-state index is 0.115. The molecule has 8 heteroatoms. The van der Waals surface area contributed by atoms with E-state index in [4.69, 9.17) is 5.73 Å². The number of esters is 1. The van der Waals surface area contributed by atoms with Gasteiger partial charge in [-0.25, -0.2) is 12.8 Å². The Kier molecular flexibility index (Phi) is 5.84. The number of carbonyl (C=O) groups is 1. The highest BCUT2D eigenvalue weighted by Gasteiger charge is 2.26. The van der Waals surface area contributed by atoms with E-state index in [1.165, 1.54) is 6.07 Å². The molecular formula is C13H15FN2O4S. The van der Waals surface area contributed by atoms with Crippen molar-refractivity contribution in [3.63, 3.8) is 0 Å². The molecular weight excluding hydrogens is 299 g/mol. The predicted octanol–water partition coefficient (Wildman–Crippen LogP) is -0.0706. The highest BCUT2D eigenvalue weighted by molar-refractivity contribution is 7.89. The third kappa shape index (κ3) is 4.26. The van der Waals surface area contributed by atoms with Gasteiger partial charge in [-0.15, -0.1) is 0 Å².